The van der Waals surface area contributed by atoms with Crippen LogP contribution in [0, 0.1) is 13.8 Å². The van der Waals surface area contributed by atoms with Gasteiger partial charge < -0.3 is 9.80 Å². The van der Waals surface area contributed by atoms with E-state index in [1.54, 1.807) is 0 Å². The summed E-state index contributed by atoms with van der Waals surface area (Å²) < 4.78 is 0. The van der Waals surface area contributed by atoms with Crippen LogP contribution in [0.1, 0.15) is 58.4 Å². The van der Waals surface area contributed by atoms with Crippen LogP contribution in [0.2, 0.25) is 0 Å². The summed E-state index contributed by atoms with van der Waals surface area (Å²) in [6.07, 6.45) is 10.6. The van der Waals surface area contributed by atoms with Crippen molar-refractivity contribution in [1.29, 1.82) is 0 Å². The largest absolute Gasteiger partial charge is 0.310 e. The Bertz CT molecular complexity index is 2500. The van der Waals surface area contributed by atoms with E-state index >= 15 is 0 Å². The molecule has 0 heterocycles. The zero-order valence-corrected chi connectivity index (χ0v) is 35.1. The van der Waals surface area contributed by atoms with Crippen molar-refractivity contribution in [2.45, 2.75) is 40.5 Å². The molecule has 8 aromatic carbocycles. The van der Waals surface area contributed by atoms with Gasteiger partial charge in [-0.1, -0.05) is 184 Å². The molecule has 0 unspecified atom stereocenters. The van der Waals surface area contributed by atoms with Gasteiger partial charge >= 0.3 is 0 Å². The molecule has 0 bridgehead atoms. The molecule has 2 heteroatoms. The van der Waals surface area contributed by atoms with Gasteiger partial charge in [0.2, 0.25) is 0 Å². The summed E-state index contributed by atoms with van der Waals surface area (Å²) >= 11 is 0. The fourth-order valence-corrected chi connectivity index (χ4v) is 8.05. The number of anilines is 6. The lowest BCUT2D eigenvalue weighted by molar-refractivity contribution is 1.10. The van der Waals surface area contributed by atoms with Crippen LogP contribution in [-0.2, 0) is 12.8 Å². The zero-order chi connectivity index (χ0) is 41.3. The molecule has 0 aromatic heterocycles. The molecule has 8 rings (SSSR count). The SMILES string of the molecule is CCc1cccc(C)c1N(c1ccc(C=Cc2ccccc2)cc1)c1ccc(-c2ccc(N(c3ccc(C=Cc4ccccc4)cc3)c3c(C)cccc3CC)cc2)cc1. The molecular weight excluding hydrogens is 725 g/mol. The normalized spacial score (nSPS) is 11.3. The van der Waals surface area contributed by atoms with Gasteiger partial charge in [-0.15, -0.1) is 0 Å². The monoisotopic (exact) mass is 776 g/mol. The first-order valence-corrected chi connectivity index (χ1v) is 21.1. The number of nitrogens with zero attached hydrogens (tertiary/aromatic N) is 2. The maximum Gasteiger partial charge on any atom is 0.0522 e. The molecule has 0 saturated carbocycles. The van der Waals surface area contributed by atoms with E-state index in [1.165, 1.54) is 67.0 Å². The minimum absolute atomic E-state index is 0.949. The molecule has 0 spiro atoms. The minimum Gasteiger partial charge on any atom is -0.310 e. The van der Waals surface area contributed by atoms with Crippen LogP contribution in [0.25, 0.3) is 35.4 Å². The van der Waals surface area contributed by atoms with E-state index in [0.29, 0.717) is 0 Å². The maximum atomic E-state index is 2.42. The second-order valence-corrected chi connectivity index (χ2v) is 15.3. The first-order valence-electron chi connectivity index (χ1n) is 21.1. The molecule has 0 atom stereocenters. The van der Waals surface area contributed by atoms with Gasteiger partial charge in [0.15, 0.2) is 0 Å². The van der Waals surface area contributed by atoms with Gasteiger partial charge in [-0.05, 0) is 131 Å². The third kappa shape index (κ3) is 8.94. The Labute approximate surface area is 357 Å². The molecule has 0 N–H and O–H groups in total. The standard InChI is InChI=1S/C58H52N2/c1-5-49-21-13-15-43(3)57(49)59(53-35-27-47(28-36-53)25-23-45-17-9-7-10-18-45)55-39-31-51(32-40-55)52-33-41-56(42-34-52)60(58-44(4)16-14-22-50(58)6-2)54-37-29-48(30-38-54)26-24-46-19-11-8-12-20-46/h7-42H,5-6H2,1-4H3. The van der Waals surface area contributed by atoms with Gasteiger partial charge in [-0.25, -0.2) is 0 Å². The van der Waals surface area contributed by atoms with Crippen LogP contribution in [0.3, 0.4) is 0 Å². The van der Waals surface area contributed by atoms with Gasteiger partial charge in [-0.2, -0.15) is 0 Å². The molecule has 0 amide bonds. The van der Waals surface area contributed by atoms with Crippen LogP contribution in [0.15, 0.2) is 194 Å². The Morgan fingerprint density at radius 3 is 0.933 bits per heavy atom. The van der Waals surface area contributed by atoms with Crippen LogP contribution in [0.4, 0.5) is 34.1 Å². The summed E-state index contributed by atoms with van der Waals surface area (Å²) in [6, 6.07) is 70.1. The number of para-hydroxylation sites is 2. The van der Waals surface area contributed by atoms with E-state index in [-0.39, 0.29) is 0 Å². The molecule has 0 aliphatic carbocycles. The smallest absolute Gasteiger partial charge is 0.0522 e. The predicted octanol–water partition coefficient (Wildman–Crippen LogP) is 16.4. The van der Waals surface area contributed by atoms with Crippen molar-refractivity contribution >= 4 is 58.4 Å². The Morgan fingerprint density at radius 1 is 0.317 bits per heavy atom. The lowest BCUT2D eigenvalue weighted by Crippen LogP contribution is -2.13. The van der Waals surface area contributed by atoms with Crippen molar-refractivity contribution in [2.24, 2.45) is 0 Å². The molecule has 294 valence electrons. The highest BCUT2D eigenvalue weighted by atomic mass is 15.2. The lowest BCUT2D eigenvalue weighted by atomic mass is 10.0. The highest BCUT2D eigenvalue weighted by Gasteiger charge is 2.20. The fraction of sp³-hybridized carbons (Fsp3) is 0.103. The van der Waals surface area contributed by atoms with Crippen molar-refractivity contribution in [3.8, 4) is 11.1 Å². The molecule has 8 aromatic rings. The summed E-state index contributed by atoms with van der Waals surface area (Å²) in [5, 5.41) is 0. The number of aryl methyl sites for hydroxylation is 4. The molecule has 60 heavy (non-hydrogen) atoms. The molecule has 0 radical (unpaired) electrons. The number of rotatable bonds is 13. The predicted molar refractivity (Wildman–Crippen MR) is 260 cm³/mol. The van der Waals surface area contributed by atoms with Crippen molar-refractivity contribution in [1.82, 2.24) is 0 Å². The highest BCUT2D eigenvalue weighted by molar-refractivity contribution is 5.85. The van der Waals surface area contributed by atoms with Gasteiger partial charge in [-0.3, -0.25) is 0 Å². The Morgan fingerprint density at radius 2 is 0.617 bits per heavy atom. The molecule has 2 nitrogen and oxygen atoms in total. The fourth-order valence-electron chi connectivity index (χ4n) is 8.05. The average Bonchev–Trinajstić information content (AvgIpc) is 3.30. The van der Waals surface area contributed by atoms with Crippen molar-refractivity contribution in [2.75, 3.05) is 9.80 Å². The van der Waals surface area contributed by atoms with E-state index in [2.05, 4.69) is 256 Å². The number of benzene rings is 8. The maximum absolute atomic E-state index is 2.42. The second-order valence-electron chi connectivity index (χ2n) is 15.3. The van der Waals surface area contributed by atoms with Crippen LogP contribution in [-0.4, -0.2) is 0 Å². The average molecular weight is 777 g/mol. The van der Waals surface area contributed by atoms with E-state index in [1.807, 2.05) is 0 Å². The molecule has 0 aliphatic rings. The molecular formula is C58H52N2. The van der Waals surface area contributed by atoms with E-state index < -0.39 is 0 Å². The van der Waals surface area contributed by atoms with Gasteiger partial charge in [0.25, 0.3) is 0 Å². The topological polar surface area (TPSA) is 6.48 Å². The van der Waals surface area contributed by atoms with E-state index in [9.17, 15) is 0 Å². The van der Waals surface area contributed by atoms with Crippen LogP contribution in [0.5, 0.6) is 0 Å². The second kappa shape index (κ2) is 18.6. The molecule has 0 aliphatic heterocycles. The van der Waals surface area contributed by atoms with Crippen LogP contribution >= 0.6 is 0 Å². The van der Waals surface area contributed by atoms with Crippen molar-refractivity contribution in [3.63, 3.8) is 0 Å². The number of hydrogen-bond donors (Lipinski definition) is 0. The molecule has 0 saturated heterocycles. The Hall–Kier alpha value is -7.16. The summed E-state index contributed by atoms with van der Waals surface area (Å²) in [6.45, 7) is 8.91. The first-order chi connectivity index (χ1) is 29.5. The molecule has 0 fully saturated rings. The van der Waals surface area contributed by atoms with Gasteiger partial charge in [0, 0.05) is 22.7 Å². The zero-order valence-electron chi connectivity index (χ0n) is 35.1. The summed E-state index contributed by atoms with van der Waals surface area (Å²) in [7, 11) is 0. The number of hydrogen-bond acceptors (Lipinski definition) is 2. The Balaban J connectivity index is 1.10. The minimum atomic E-state index is 0.949. The van der Waals surface area contributed by atoms with Crippen molar-refractivity contribution in [3.05, 3.63) is 239 Å². The van der Waals surface area contributed by atoms with E-state index in [4.69, 9.17) is 0 Å². The third-order valence-corrected chi connectivity index (χ3v) is 11.3. The van der Waals surface area contributed by atoms with E-state index in [0.717, 1.165) is 35.6 Å². The first kappa shape index (κ1) is 39.7. The van der Waals surface area contributed by atoms with Gasteiger partial charge in [0.1, 0.15) is 0 Å². The summed E-state index contributed by atoms with van der Waals surface area (Å²) in [5.74, 6) is 0. The van der Waals surface area contributed by atoms with Crippen molar-refractivity contribution < 1.29 is 0 Å². The lowest BCUT2D eigenvalue weighted by Gasteiger charge is -2.30. The third-order valence-electron chi connectivity index (χ3n) is 11.3. The quantitative estimate of drug-likeness (QED) is 0.108. The highest BCUT2D eigenvalue weighted by Crippen LogP contribution is 2.42. The van der Waals surface area contributed by atoms with Crippen LogP contribution < -0.4 is 9.80 Å². The summed E-state index contributed by atoms with van der Waals surface area (Å²) in [4.78, 5) is 4.83. The Kier molecular flexibility index (Phi) is 12.3. The summed E-state index contributed by atoms with van der Waals surface area (Å²) in [5.41, 5.74) is 19.3. The van der Waals surface area contributed by atoms with Gasteiger partial charge in [0.05, 0.1) is 11.4 Å².